The average Bonchev–Trinajstić information content (AvgIpc) is 2.72. The molecular formula is C18H21F2N3O2. The number of halogens is 2. The van der Waals surface area contributed by atoms with Gasteiger partial charge in [-0.2, -0.15) is 5.26 Å². The molecule has 0 spiro atoms. The van der Waals surface area contributed by atoms with Crippen LogP contribution in [0.1, 0.15) is 56.7 Å². The quantitative estimate of drug-likeness (QED) is 0.779. The summed E-state index contributed by atoms with van der Waals surface area (Å²) < 4.78 is 33.5. The number of fused-ring (bicyclic) bond motifs is 1. The van der Waals surface area contributed by atoms with Crippen LogP contribution in [-0.4, -0.2) is 34.9 Å². The van der Waals surface area contributed by atoms with Gasteiger partial charge >= 0.3 is 0 Å². The van der Waals surface area contributed by atoms with Crippen molar-refractivity contribution in [1.29, 1.82) is 5.26 Å². The monoisotopic (exact) mass is 349 g/mol. The molecule has 1 saturated carbocycles. The molecule has 25 heavy (non-hydrogen) atoms. The molecule has 1 fully saturated rings. The maximum atomic E-state index is 13.9. The molecule has 0 N–H and O–H groups in total. The van der Waals surface area contributed by atoms with Crippen LogP contribution in [0, 0.1) is 16.7 Å². The predicted molar refractivity (Wildman–Crippen MR) is 86.1 cm³/mol. The number of nitriles is 1. The van der Waals surface area contributed by atoms with Crippen LogP contribution in [-0.2, 0) is 4.79 Å². The minimum absolute atomic E-state index is 0.160. The number of pyridine rings is 1. The van der Waals surface area contributed by atoms with Gasteiger partial charge in [0.15, 0.2) is 0 Å². The first-order valence-corrected chi connectivity index (χ1v) is 8.47. The van der Waals surface area contributed by atoms with Gasteiger partial charge in [0.25, 0.3) is 0 Å². The Kier molecular flexibility index (Phi) is 4.40. The molecule has 7 heteroatoms. The van der Waals surface area contributed by atoms with Gasteiger partial charge in [-0.05, 0) is 19.8 Å². The van der Waals surface area contributed by atoms with Gasteiger partial charge in [-0.1, -0.05) is 6.92 Å². The number of alkyl halides is 2. The molecule has 2 atom stereocenters. The summed E-state index contributed by atoms with van der Waals surface area (Å²) in [6.45, 7) is 3.96. The van der Waals surface area contributed by atoms with Crippen molar-refractivity contribution in [3.8, 4) is 11.8 Å². The smallest absolute Gasteiger partial charge is 0.249 e. The highest BCUT2D eigenvalue weighted by Gasteiger charge is 2.49. The SMILES string of the molecule is C[C@H]1c2cncc(C#N)c2OCCN1C(=O)C1(C)CCCC(F)(F)C1. The van der Waals surface area contributed by atoms with Gasteiger partial charge in [-0.15, -0.1) is 0 Å². The van der Waals surface area contributed by atoms with Crippen LogP contribution in [0.25, 0.3) is 0 Å². The highest BCUT2D eigenvalue weighted by Crippen LogP contribution is 2.47. The van der Waals surface area contributed by atoms with Crippen LogP contribution in [0.15, 0.2) is 12.4 Å². The summed E-state index contributed by atoms with van der Waals surface area (Å²) in [5.41, 5.74) is -0.133. The molecule has 0 bridgehead atoms. The van der Waals surface area contributed by atoms with Gasteiger partial charge in [0.05, 0.1) is 18.0 Å². The van der Waals surface area contributed by atoms with E-state index in [1.165, 1.54) is 6.20 Å². The van der Waals surface area contributed by atoms with Gasteiger partial charge < -0.3 is 9.64 Å². The van der Waals surface area contributed by atoms with Gasteiger partial charge in [0, 0.05) is 30.8 Å². The van der Waals surface area contributed by atoms with Crippen molar-refractivity contribution in [1.82, 2.24) is 9.88 Å². The van der Waals surface area contributed by atoms with Gasteiger partial charge in [-0.3, -0.25) is 9.78 Å². The number of aromatic nitrogens is 1. The van der Waals surface area contributed by atoms with Crippen LogP contribution < -0.4 is 4.74 Å². The number of nitrogens with zero attached hydrogens (tertiary/aromatic N) is 3. The standard InChI is InChI=1S/C18H21F2N3O2/c1-12-14-10-22-9-13(8-21)15(14)25-7-6-23(12)16(24)17(2)4-3-5-18(19,20)11-17/h9-10,12H,3-7,11H2,1-2H3/t12-,17?/m0/s1. The Hall–Kier alpha value is -2.23. The van der Waals surface area contributed by atoms with E-state index in [1.807, 2.05) is 13.0 Å². The minimum atomic E-state index is -2.80. The zero-order chi connectivity index (χ0) is 18.2. The van der Waals surface area contributed by atoms with E-state index >= 15 is 0 Å². The van der Waals surface area contributed by atoms with Crippen molar-refractivity contribution in [3.05, 3.63) is 23.5 Å². The van der Waals surface area contributed by atoms with Crippen molar-refractivity contribution in [2.24, 2.45) is 5.41 Å². The molecule has 3 rings (SSSR count). The van der Waals surface area contributed by atoms with Gasteiger partial charge in [-0.25, -0.2) is 8.78 Å². The number of hydrogen-bond donors (Lipinski definition) is 0. The summed E-state index contributed by atoms with van der Waals surface area (Å²) in [5, 5.41) is 9.22. The third kappa shape index (κ3) is 3.17. The first-order chi connectivity index (χ1) is 11.8. The fourth-order valence-corrected chi connectivity index (χ4v) is 3.90. The summed E-state index contributed by atoms with van der Waals surface area (Å²) in [6.07, 6.45) is 3.20. The predicted octanol–water partition coefficient (Wildman–Crippen LogP) is 3.45. The fourth-order valence-electron chi connectivity index (χ4n) is 3.90. The van der Waals surface area contributed by atoms with Crippen molar-refractivity contribution in [2.75, 3.05) is 13.2 Å². The lowest BCUT2D eigenvalue weighted by atomic mass is 9.72. The second kappa shape index (κ2) is 6.25. The first-order valence-electron chi connectivity index (χ1n) is 8.47. The third-order valence-electron chi connectivity index (χ3n) is 5.24. The first kappa shape index (κ1) is 17.6. The lowest BCUT2D eigenvalue weighted by Gasteiger charge is -2.41. The lowest BCUT2D eigenvalue weighted by Crippen LogP contribution is -2.48. The fraction of sp³-hybridized carbons (Fsp3) is 0.611. The molecule has 2 heterocycles. The van der Waals surface area contributed by atoms with Crippen molar-refractivity contribution >= 4 is 5.91 Å². The summed E-state index contributed by atoms with van der Waals surface area (Å²) in [7, 11) is 0. The van der Waals surface area contributed by atoms with E-state index in [1.54, 1.807) is 18.0 Å². The molecule has 2 aliphatic rings. The minimum Gasteiger partial charge on any atom is -0.490 e. The summed E-state index contributed by atoms with van der Waals surface area (Å²) in [6, 6.07) is 1.65. The second-order valence-electron chi connectivity index (χ2n) is 7.19. The second-order valence-corrected chi connectivity index (χ2v) is 7.19. The largest absolute Gasteiger partial charge is 0.490 e. The van der Waals surface area contributed by atoms with Crippen molar-refractivity contribution in [2.45, 2.75) is 51.5 Å². The maximum absolute atomic E-state index is 13.9. The molecule has 1 amide bonds. The highest BCUT2D eigenvalue weighted by molar-refractivity contribution is 5.83. The zero-order valence-electron chi connectivity index (χ0n) is 14.4. The summed E-state index contributed by atoms with van der Waals surface area (Å²) in [5.74, 6) is -2.65. The van der Waals surface area contributed by atoms with E-state index in [0.717, 1.165) is 0 Å². The van der Waals surface area contributed by atoms with Crippen LogP contribution in [0.2, 0.25) is 0 Å². The van der Waals surface area contributed by atoms with Gasteiger partial charge in [0.2, 0.25) is 11.8 Å². The molecule has 1 aromatic heterocycles. The molecular weight excluding hydrogens is 328 g/mol. The molecule has 1 aliphatic carbocycles. The summed E-state index contributed by atoms with van der Waals surface area (Å²) >= 11 is 0. The molecule has 1 aliphatic heterocycles. The number of carbonyl (C=O) groups excluding carboxylic acids is 1. The molecule has 134 valence electrons. The molecule has 5 nitrogen and oxygen atoms in total. The van der Waals surface area contributed by atoms with Crippen LogP contribution in [0.4, 0.5) is 8.78 Å². The topological polar surface area (TPSA) is 66.2 Å². The average molecular weight is 349 g/mol. The number of carbonyl (C=O) groups is 1. The van der Waals surface area contributed by atoms with E-state index in [4.69, 9.17) is 4.74 Å². The number of rotatable bonds is 1. The van der Waals surface area contributed by atoms with Crippen molar-refractivity contribution in [3.63, 3.8) is 0 Å². The highest BCUT2D eigenvalue weighted by atomic mass is 19.3. The summed E-state index contributed by atoms with van der Waals surface area (Å²) in [4.78, 5) is 18.8. The Balaban J connectivity index is 1.92. The molecule has 0 radical (unpaired) electrons. The van der Waals surface area contributed by atoms with E-state index in [9.17, 15) is 18.8 Å². The van der Waals surface area contributed by atoms with Crippen molar-refractivity contribution < 1.29 is 18.3 Å². The van der Waals surface area contributed by atoms with Crippen LogP contribution in [0.3, 0.4) is 0 Å². The zero-order valence-corrected chi connectivity index (χ0v) is 14.4. The van der Waals surface area contributed by atoms with E-state index in [-0.39, 0.29) is 18.9 Å². The van der Waals surface area contributed by atoms with E-state index < -0.39 is 23.8 Å². The Morgan fingerprint density at radius 1 is 1.44 bits per heavy atom. The number of hydrogen-bond acceptors (Lipinski definition) is 4. The van der Waals surface area contributed by atoms with E-state index in [0.29, 0.717) is 36.3 Å². The number of ether oxygens (including phenoxy) is 1. The number of amides is 1. The molecule has 1 unspecified atom stereocenters. The Morgan fingerprint density at radius 2 is 2.20 bits per heavy atom. The molecule has 1 aromatic rings. The van der Waals surface area contributed by atoms with Gasteiger partial charge in [0.1, 0.15) is 24.0 Å². The Bertz CT molecular complexity index is 732. The Morgan fingerprint density at radius 3 is 2.88 bits per heavy atom. The third-order valence-corrected chi connectivity index (χ3v) is 5.24. The van der Waals surface area contributed by atoms with Crippen LogP contribution >= 0.6 is 0 Å². The molecule has 0 aromatic carbocycles. The molecule has 0 saturated heterocycles. The maximum Gasteiger partial charge on any atom is 0.249 e. The van der Waals surface area contributed by atoms with E-state index in [2.05, 4.69) is 4.98 Å². The normalized spacial score (nSPS) is 28.3. The van der Waals surface area contributed by atoms with Crippen LogP contribution in [0.5, 0.6) is 5.75 Å². The Labute approximate surface area is 145 Å². The lowest BCUT2D eigenvalue weighted by molar-refractivity contribution is -0.155.